The molecule has 0 radical (unpaired) electrons. The molecule has 6 heteroatoms. The van der Waals surface area contributed by atoms with Crippen LogP contribution in [0, 0.1) is 0 Å². The fourth-order valence-corrected chi connectivity index (χ4v) is 3.02. The van der Waals surface area contributed by atoms with E-state index in [1.807, 2.05) is 34.6 Å². The Morgan fingerprint density at radius 1 is 1.04 bits per heavy atom. The molecule has 0 aromatic carbocycles. The SMILES string of the molecule is CCCCC1=C(B2OC(C)(C)C(C)(C)O2)C(=O)c2occc2C1=O. The van der Waals surface area contributed by atoms with E-state index in [1.165, 1.54) is 6.26 Å². The highest BCUT2D eigenvalue weighted by atomic mass is 16.7. The van der Waals surface area contributed by atoms with Crippen molar-refractivity contribution >= 4 is 18.7 Å². The molecule has 0 bridgehead atoms. The van der Waals surface area contributed by atoms with E-state index in [2.05, 4.69) is 0 Å². The van der Waals surface area contributed by atoms with Gasteiger partial charge in [0.2, 0.25) is 5.78 Å². The number of carbonyl (C=O) groups excluding carboxylic acids is 2. The molecule has 0 N–H and O–H groups in total. The Kier molecular flexibility index (Phi) is 4.08. The number of hydrogen-bond acceptors (Lipinski definition) is 5. The van der Waals surface area contributed by atoms with Crippen molar-refractivity contribution in [3.8, 4) is 0 Å². The number of unbranched alkanes of at least 4 members (excludes halogenated alkanes) is 1. The third-order valence-electron chi connectivity index (χ3n) is 5.23. The van der Waals surface area contributed by atoms with Crippen LogP contribution in [-0.4, -0.2) is 29.9 Å². The van der Waals surface area contributed by atoms with E-state index in [9.17, 15) is 9.59 Å². The van der Waals surface area contributed by atoms with Crippen molar-refractivity contribution in [3.63, 3.8) is 0 Å². The van der Waals surface area contributed by atoms with E-state index in [4.69, 9.17) is 13.7 Å². The lowest BCUT2D eigenvalue weighted by Crippen LogP contribution is -2.41. The zero-order valence-corrected chi connectivity index (χ0v) is 14.9. The maximum absolute atomic E-state index is 12.9. The molecule has 24 heavy (non-hydrogen) atoms. The summed E-state index contributed by atoms with van der Waals surface area (Å²) in [5, 5.41) is 0. The van der Waals surface area contributed by atoms with Crippen LogP contribution in [0.5, 0.6) is 0 Å². The highest BCUT2D eigenvalue weighted by Crippen LogP contribution is 2.41. The number of fused-ring (bicyclic) bond motifs is 1. The maximum Gasteiger partial charge on any atom is 0.499 e. The van der Waals surface area contributed by atoms with Crippen molar-refractivity contribution in [1.82, 2.24) is 0 Å². The maximum atomic E-state index is 12.9. The largest absolute Gasteiger partial charge is 0.499 e. The fraction of sp³-hybridized carbons (Fsp3) is 0.556. The summed E-state index contributed by atoms with van der Waals surface area (Å²) in [5.41, 5.74) is -0.0178. The zero-order chi connectivity index (χ0) is 17.7. The third-order valence-corrected chi connectivity index (χ3v) is 5.23. The van der Waals surface area contributed by atoms with Gasteiger partial charge in [-0.25, -0.2) is 0 Å². The molecule has 2 aliphatic rings. The first-order valence-electron chi connectivity index (χ1n) is 8.45. The molecule has 1 fully saturated rings. The van der Waals surface area contributed by atoms with Crippen molar-refractivity contribution in [2.75, 3.05) is 0 Å². The normalized spacial score (nSPS) is 22.3. The van der Waals surface area contributed by atoms with E-state index in [0.717, 1.165) is 12.8 Å². The summed E-state index contributed by atoms with van der Waals surface area (Å²) in [4.78, 5) is 25.8. The number of allylic oxidation sites excluding steroid dienone is 2. The summed E-state index contributed by atoms with van der Waals surface area (Å²) >= 11 is 0. The van der Waals surface area contributed by atoms with Gasteiger partial charge in [-0.1, -0.05) is 13.3 Å². The minimum absolute atomic E-state index is 0.0879. The molecule has 0 saturated carbocycles. The predicted molar refractivity (Wildman–Crippen MR) is 90.0 cm³/mol. The molecule has 0 atom stereocenters. The first-order valence-corrected chi connectivity index (χ1v) is 8.45. The molecule has 1 aliphatic carbocycles. The number of Topliss-reactive ketones (excluding diaryl/α,β-unsaturated/α-hetero) is 2. The van der Waals surface area contributed by atoms with Crippen LogP contribution in [0.4, 0.5) is 0 Å². The van der Waals surface area contributed by atoms with Gasteiger partial charge in [0, 0.05) is 11.0 Å². The van der Waals surface area contributed by atoms with Crippen molar-refractivity contribution < 1.29 is 23.3 Å². The molecule has 1 saturated heterocycles. The highest BCUT2D eigenvalue weighted by molar-refractivity contribution is 6.65. The van der Waals surface area contributed by atoms with Crippen molar-refractivity contribution in [3.05, 3.63) is 34.7 Å². The van der Waals surface area contributed by atoms with Gasteiger partial charge in [-0.05, 0) is 46.6 Å². The van der Waals surface area contributed by atoms with Gasteiger partial charge < -0.3 is 13.7 Å². The lowest BCUT2D eigenvalue weighted by Gasteiger charge is -2.32. The van der Waals surface area contributed by atoms with Gasteiger partial charge >= 0.3 is 7.12 Å². The Labute approximate surface area is 142 Å². The molecule has 2 heterocycles. The quantitative estimate of drug-likeness (QED) is 0.786. The Morgan fingerprint density at radius 2 is 1.67 bits per heavy atom. The molecule has 3 rings (SSSR count). The number of rotatable bonds is 4. The summed E-state index contributed by atoms with van der Waals surface area (Å²) in [5.74, 6) is -0.374. The van der Waals surface area contributed by atoms with Crippen LogP contribution in [-0.2, 0) is 9.31 Å². The summed E-state index contributed by atoms with van der Waals surface area (Å²) < 4.78 is 17.3. The first-order chi connectivity index (χ1) is 11.2. The van der Waals surface area contributed by atoms with Crippen LogP contribution >= 0.6 is 0 Å². The van der Waals surface area contributed by atoms with E-state index in [1.54, 1.807) is 6.07 Å². The molecule has 0 unspecified atom stereocenters. The first kappa shape index (κ1) is 17.2. The molecule has 0 spiro atoms. The van der Waals surface area contributed by atoms with Crippen molar-refractivity contribution in [2.24, 2.45) is 0 Å². The smallest absolute Gasteiger partial charge is 0.460 e. The lowest BCUT2D eigenvalue weighted by atomic mass is 9.67. The molecule has 128 valence electrons. The van der Waals surface area contributed by atoms with Gasteiger partial charge in [0.15, 0.2) is 11.5 Å². The van der Waals surface area contributed by atoms with Gasteiger partial charge in [-0.3, -0.25) is 9.59 Å². The number of furan rings is 1. The van der Waals surface area contributed by atoms with Crippen LogP contribution in [0.2, 0.25) is 0 Å². The van der Waals surface area contributed by atoms with E-state index in [-0.39, 0.29) is 17.3 Å². The minimum atomic E-state index is -0.850. The van der Waals surface area contributed by atoms with Gasteiger partial charge in [0.05, 0.1) is 23.0 Å². The average Bonchev–Trinajstić information content (AvgIpc) is 3.05. The highest BCUT2D eigenvalue weighted by Gasteiger charge is 2.55. The standard InChI is InChI=1S/C18H23BO5/c1-6-7-8-11-13(19-23-17(2,3)18(4,5)24-19)15(21)16-12(14(11)20)9-10-22-16/h9-10H,6-8H2,1-5H3. The van der Waals surface area contributed by atoms with Crippen molar-refractivity contribution in [1.29, 1.82) is 0 Å². The van der Waals surface area contributed by atoms with Gasteiger partial charge in [-0.2, -0.15) is 0 Å². The molecular formula is C18H23BO5. The Hall–Kier alpha value is -1.66. The van der Waals surface area contributed by atoms with Crippen LogP contribution in [0.3, 0.4) is 0 Å². The second-order valence-electron chi connectivity index (χ2n) is 7.41. The average molecular weight is 330 g/mol. The third kappa shape index (κ3) is 2.49. The second kappa shape index (κ2) is 5.71. The summed E-state index contributed by atoms with van der Waals surface area (Å²) in [6, 6.07) is 1.56. The van der Waals surface area contributed by atoms with E-state index >= 15 is 0 Å². The van der Waals surface area contributed by atoms with E-state index in [0.29, 0.717) is 23.0 Å². The molecule has 1 aliphatic heterocycles. The van der Waals surface area contributed by atoms with Crippen LogP contribution < -0.4 is 0 Å². The molecular weight excluding hydrogens is 307 g/mol. The summed E-state index contributed by atoms with van der Waals surface area (Å²) in [7, 11) is -0.850. The number of carbonyl (C=O) groups is 2. The topological polar surface area (TPSA) is 65.7 Å². The second-order valence-corrected chi connectivity index (χ2v) is 7.41. The van der Waals surface area contributed by atoms with Gasteiger partial charge in [0.1, 0.15) is 0 Å². The van der Waals surface area contributed by atoms with Crippen LogP contribution in [0.15, 0.2) is 27.8 Å². The molecule has 1 aromatic rings. The summed E-state index contributed by atoms with van der Waals surface area (Å²) in [6.45, 7) is 9.74. The van der Waals surface area contributed by atoms with Crippen LogP contribution in [0.25, 0.3) is 0 Å². The minimum Gasteiger partial charge on any atom is -0.460 e. The lowest BCUT2D eigenvalue weighted by molar-refractivity contribution is 0.00578. The fourth-order valence-electron chi connectivity index (χ4n) is 3.02. The zero-order valence-electron chi connectivity index (χ0n) is 14.9. The molecule has 0 amide bonds. The monoisotopic (exact) mass is 330 g/mol. The van der Waals surface area contributed by atoms with Crippen molar-refractivity contribution in [2.45, 2.75) is 65.1 Å². The predicted octanol–water partition coefficient (Wildman–Crippen LogP) is 3.78. The Morgan fingerprint density at radius 3 is 2.25 bits per heavy atom. The summed E-state index contributed by atoms with van der Waals surface area (Å²) in [6.07, 6.45) is 3.67. The number of hydrogen-bond donors (Lipinski definition) is 0. The van der Waals surface area contributed by atoms with Crippen LogP contribution in [0.1, 0.15) is 74.8 Å². The molecule has 1 aromatic heterocycles. The number of ketones is 2. The molecule has 5 nitrogen and oxygen atoms in total. The Balaban J connectivity index is 2.07. The van der Waals surface area contributed by atoms with E-state index < -0.39 is 18.3 Å². The Bertz CT molecular complexity index is 710. The van der Waals surface area contributed by atoms with Gasteiger partial charge in [0.25, 0.3) is 0 Å². The van der Waals surface area contributed by atoms with Gasteiger partial charge in [-0.15, -0.1) is 0 Å².